The van der Waals surface area contributed by atoms with Crippen LogP contribution in [-0.2, 0) is 21.3 Å². The van der Waals surface area contributed by atoms with E-state index >= 15 is 0 Å². The maximum Gasteiger partial charge on any atom is 0.253 e. The fourth-order valence-corrected chi connectivity index (χ4v) is 5.16. The quantitative estimate of drug-likeness (QED) is 0.736. The van der Waals surface area contributed by atoms with Crippen LogP contribution < -0.4 is 0 Å². The number of aromatic nitrogens is 1. The normalized spacial score (nSPS) is 20.6. The number of aryl methyl sites for hydroxylation is 2. The summed E-state index contributed by atoms with van der Waals surface area (Å²) in [6.45, 7) is 8.22. The summed E-state index contributed by atoms with van der Waals surface area (Å²) >= 11 is 0. The number of morpholine rings is 1. The third-order valence-electron chi connectivity index (χ3n) is 5.03. The summed E-state index contributed by atoms with van der Waals surface area (Å²) in [5, 5.41) is 3.90. The highest BCUT2D eigenvalue weighted by molar-refractivity contribution is 7.89. The third kappa shape index (κ3) is 4.52. The Kier molecular flexibility index (Phi) is 6.11. The second kappa shape index (κ2) is 8.25. The Balaban J connectivity index is 1.82. The van der Waals surface area contributed by atoms with Gasteiger partial charge in [0.05, 0.1) is 29.3 Å². The standard InChI is InChI=1S/C20H27N3O5S/c1-13-10-23(11-14(2)27-13)29(25,26)18-8-6-7-17(9-18)20(24)22(5)12-19-15(3)21-28-16(19)4/h6-9,13-14H,10-12H2,1-5H3. The Hall–Kier alpha value is -2.23. The van der Waals surface area contributed by atoms with E-state index in [1.54, 1.807) is 26.1 Å². The van der Waals surface area contributed by atoms with Gasteiger partial charge in [-0.25, -0.2) is 8.42 Å². The van der Waals surface area contributed by atoms with Crippen LogP contribution in [0.15, 0.2) is 33.7 Å². The summed E-state index contributed by atoms with van der Waals surface area (Å²) < 4.78 is 38.4. The van der Waals surface area contributed by atoms with Crippen molar-refractivity contribution in [2.45, 2.75) is 51.3 Å². The minimum Gasteiger partial charge on any atom is -0.373 e. The van der Waals surface area contributed by atoms with Crippen molar-refractivity contribution in [1.29, 1.82) is 0 Å². The number of hydrogen-bond acceptors (Lipinski definition) is 6. The largest absolute Gasteiger partial charge is 0.373 e. The SMILES string of the molecule is Cc1noc(C)c1CN(C)C(=O)c1cccc(S(=O)(=O)N2CC(C)OC(C)C2)c1. The van der Waals surface area contributed by atoms with E-state index in [0.29, 0.717) is 17.9 Å². The molecule has 2 heterocycles. The average molecular weight is 422 g/mol. The van der Waals surface area contributed by atoms with Gasteiger partial charge in [-0.3, -0.25) is 4.79 Å². The zero-order chi connectivity index (χ0) is 21.3. The minimum atomic E-state index is -3.72. The zero-order valence-corrected chi connectivity index (χ0v) is 18.2. The fraction of sp³-hybridized carbons (Fsp3) is 0.500. The van der Waals surface area contributed by atoms with Crippen LogP contribution in [0.3, 0.4) is 0 Å². The molecule has 0 spiro atoms. The van der Waals surface area contributed by atoms with Crippen molar-refractivity contribution in [2.75, 3.05) is 20.1 Å². The number of carbonyl (C=O) groups excluding carboxylic acids is 1. The van der Waals surface area contributed by atoms with Crippen LogP contribution in [0.25, 0.3) is 0 Å². The van der Waals surface area contributed by atoms with Crippen LogP contribution >= 0.6 is 0 Å². The molecule has 1 saturated heterocycles. The molecule has 2 aromatic rings. The molecule has 1 aliphatic rings. The number of ether oxygens (including phenoxy) is 1. The van der Waals surface area contributed by atoms with Crippen LogP contribution in [0.1, 0.15) is 41.2 Å². The number of nitrogens with zero attached hydrogens (tertiary/aromatic N) is 3. The molecular weight excluding hydrogens is 394 g/mol. The van der Waals surface area contributed by atoms with Crippen molar-refractivity contribution in [1.82, 2.24) is 14.4 Å². The highest BCUT2D eigenvalue weighted by Crippen LogP contribution is 2.23. The Labute approximate surface area is 171 Å². The molecule has 0 bridgehead atoms. The van der Waals surface area contributed by atoms with Crippen LogP contribution in [0.4, 0.5) is 0 Å². The molecule has 2 unspecified atom stereocenters. The summed E-state index contributed by atoms with van der Waals surface area (Å²) in [5.74, 6) is 0.389. The van der Waals surface area contributed by atoms with E-state index in [2.05, 4.69) is 5.16 Å². The van der Waals surface area contributed by atoms with Gasteiger partial charge >= 0.3 is 0 Å². The number of sulfonamides is 1. The van der Waals surface area contributed by atoms with Gasteiger partial charge in [0.15, 0.2) is 0 Å². The molecule has 0 saturated carbocycles. The van der Waals surface area contributed by atoms with E-state index < -0.39 is 10.0 Å². The van der Waals surface area contributed by atoms with Gasteiger partial charge in [0.25, 0.3) is 5.91 Å². The topological polar surface area (TPSA) is 93.0 Å². The van der Waals surface area contributed by atoms with Crippen molar-refractivity contribution in [3.63, 3.8) is 0 Å². The Morgan fingerprint density at radius 3 is 2.48 bits per heavy atom. The molecule has 2 atom stereocenters. The second-order valence-electron chi connectivity index (χ2n) is 7.57. The van der Waals surface area contributed by atoms with Gasteiger partial charge in [-0.05, 0) is 45.9 Å². The molecule has 0 N–H and O–H groups in total. The maximum atomic E-state index is 13.1. The lowest BCUT2D eigenvalue weighted by atomic mass is 10.1. The first-order valence-corrected chi connectivity index (χ1v) is 11.0. The van der Waals surface area contributed by atoms with Crippen LogP contribution in [0.5, 0.6) is 0 Å². The monoisotopic (exact) mass is 421 g/mol. The highest BCUT2D eigenvalue weighted by atomic mass is 32.2. The molecule has 3 rings (SSSR count). The Morgan fingerprint density at radius 1 is 1.24 bits per heavy atom. The predicted molar refractivity (Wildman–Crippen MR) is 107 cm³/mol. The van der Waals surface area contributed by atoms with E-state index in [0.717, 1.165) is 11.3 Å². The smallest absolute Gasteiger partial charge is 0.253 e. The first kappa shape index (κ1) is 21.5. The number of rotatable bonds is 5. The summed E-state index contributed by atoms with van der Waals surface area (Å²) in [5.41, 5.74) is 1.89. The maximum absolute atomic E-state index is 13.1. The van der Waals surface area contributed by atoms with Crippen molar-refractivity contribution in [3.8, 4) is 0 Å². The van der Waals surface area contributed by atoms with Crippen LogP contribution in [-0.4, -0.2) is 61.0 Å². The first-order valence-electron chi connectivity index (χ1n) is 9.52. The van der Waals surface area contributed by atoms with Crippen molar-refractivity contribution < 1.29 is 22.5 Å². The van der Waals surface area contributed by atoms with E-state index in [9.17, 15) is 13.2 Å². The van der Waals surface area contributed by atoms with E-state index in [-0.39, 0.29) is 36.1 Å². The Bertz CT molecular complexity index is 972. The minimum absolute atomic E-state index is 0.107. The Morgan fingerprint density at radius 2 is 1.90 bits per heavy atom. The molecule has 9 heteroatoms. The molecule has 1 aromatic carbocycles. The number of benzene rings is 1. The lowest BCUT2D eigenvalue weighted by Crippen LogP contribution is -2.48. The van der Waals surface area contributed by atoms with Gasteiger partial charge in [-0.15, -0.1) is 0 Å². The summed E-state index contributed by atoms with van der Waals surface area (Å²) in [7, 11) is -2.05. The number of hydrogen-bond donors (Lipinski definition) is 0. The lowest BCUT2D eigenvalue weighted by molar-refractivity contribution is -0.0440. The van der Waals surface area contributed by atoms with Crippen LogP contribution in [0, 0.1) is 13.8 Å². The van der Waals surface area contributed by atoms with Gasteiger partial charge in [0.2, 0.25) is 10.0 Å². The molecule has 0 radical (unpaired) electrons. The highest BCUT2D eigenvalue weighted by Gasteiger charge is 2.32. The van der Waals surface area contributed by atoms with Gasteiger partial charge in [0, 0.05) is 31.3 Å². The van der Waals surface area contributed by atoms with Gasteiger partial charge in [-0.1, -0.05) is 11.2 Å². The predicted octanol–water partition coefficient (Wildman–Crippen LogP) is 2.36. The molecule has 1 aliphatic heterocycles. The van der Waals surface area contributed by atoms with E-state index in [1.807, 2.05) is 20.8 Å². The number of amides is 1. The lowest BCUT2D eigenvalue weighted by Gasteiger charge is -2.34. The summed E-state index contributed by atoms with van der Waals surface area (Å²) in [6, 6.07) is 6.17. The number of carbonyl (C=O) groups is 1. The van der Waals surface area contributed by atoms with Gasteiger partial charge in [0.1, 0.15) is 5.76 Å². The molecule has 158 valence electrons. The average Bonchev–Trinajstić information content (AvgIpc) is 2.98. The van der Waals surface area contributed by atoms with Gasteiger partial charge < -0.3 is 14.2 Å². The molecule has 1 fully saturated rings. The van der Waals surface area contributed by atoms with Crippen LogP contribution in [0.2, 0.25) is 0 Å². The molecular formula is C20H27N3O5S. The molecule has 29 heavy (non-hydrogen) atoms. The summed E-state index contributed by atoms with van der Waals surface area (Å²) in [4.78, 5) is 14.5. The zero-order valence-electron chi connectivity index (χ0n) is 17.4. The van der Waals surface area contributed by atoms with Crippen molar-refractivity contribution in [3.05, 3.63) is 46.8 Å². The van der Waals surface area contributed by atoms with Gasteiger partial charge in [-0.2, -0.15) is 4.31 Å². The fourth-order valence-electron chi connectivity index (χ4n) is 3.52. The van der Waals surface area contributed by atoms with Crippen molar-refractivity contribution in [2.24, 2.45) is 0 Å². The molecule has 8 nitrogen and oxygen atoms in total. The van der Waals surface area contributed by atoms with E-state index in [1.165, 1.54) is 21.3 Å². The molecule has 1 aromatic heterocycles. The second-order valence-corrected chi connectivity index (χ2v) is 9.51. The third-order valence-corrected chi connectivity index (χ3v) is 6.86. The summed E-state index contributed by atoms with van der Waals surface area (Å²) in [6.07, 6.45) is -0.362. The molecule has 0 aliphatic carbocycles. The first-order chi connectivity index (χ1) is 13.6. The van der Waals surface area contributed by atoms with E-state index in [4.69, 9.17) is 9.26 Å². The van der Waals surface area contributed by atoms with Crippen molar-refractivity contribution >= 4 is 15.9 Å². The molecule has 1 amide bonds.